The van der Waals surface area contributed by atoms with Crippen LogP contribution in [0.25, 0.3) is 10.8 Å². The van der Waals surface area contributed by atoms with E-state index in [-0.39, 0.29) is 44.5 Å². The number of nitrogens with one attached hydrogen (secondary N) is 1. The minimum atomic E-state index is -2.04. The van der Waals surface area contributed by atoms with Crippen molar-refractivity contribution in [2.45, 2.75) is 85.6 Å². The molecule has 0 aromatic heterocycles. The number of nitrogens with zero attached hydrogens (tertiary/aromatic N) is 3. The first-order valence-electron chi connectivity index (χ1n) is 19.8. The van der Waals surface area contributed by atoms with E-state index in [1.807, 2.05) is 7.05 Å². The minimum Gasteiger partial charge on any atom is -0.507 e. The third-order valence-corrected chi connectivity index (χ3v) is 11.9. The average molecular weight is 823 g/mol. The van der Waals surface area contributed by atoms with Crippen LogP contribution in [0.1, 0.15) is 70.0 Å². The molecule has 59 heavy (non-hydrogen) atoms. The second-order valence-corrected chi connectivity index (χ2v) is 16.1. The Labute approximate surface area is 344 Å². The van der Waals surface area contributed by atoms with Crippen molar-refractivity contribution in [1.82, 2.24) is 9.91 Å². The van der Waals surface area contributed by atoms with Crippen LogP contribution in [0.15, 0.2) is 41.2 Å². The number of benzene rings is 2. The second-order valence-electron chi connectivity index (χ2n) is 16.1. The Kier molecular flexibility index (Phi) is 13.7. The predicted octanol–water partition coefficient (Wildman–Crippen LogP) is 4.34. The number of methoxy groups -OCH3 is 1. The van der Waals surface area contributed by atoms with Crippen molar-refractivity contribution in [3.63, 3.8) is 0 Å². The van der Waals surface area contributed by atoms with E-state index in [0.29, 0.717) is 13.1 Å². The third-order valence-electron chi connectivity index (χ3n) is 11.9. The molecule has 4 aliphatic heterocycles. The van der Waals surface area contributed by atoms with Crippen molar-refractivity contribution in [3.8, 4) is 23.0 Å². The molecule has 2 aromatic rings. The topological polar surface area (TPSA) is 220 Å². The Morgan fingerprint density at radius 3 is 2.24 bits per heavy atom. The Bertz CT molecular complexity index is 2070. The number of likely N-dealkylation sites (N-methyl/N-ethyl adjacent to an activating group) is 1. The number of Topliss-reactive ketones (excluding diaryl/α,β-unsaturated/α-hetero) is 1. The number of aliphatic hydroxyl groups is 2. The zero-order chi connectivity index (χ0) is 43.7. The number of hydrogen-bond donors (Lipinski definition) is 6. The van der Waals surface area contributed by atoms with Gasteiger partial charge in [0.1, 0.15) is 23.4 Å². The molecule has 0 radical (unpaired) electrons. The van der Waals surface area contributed by atoms with Gasteiger partial charge in [-0.05, 0) is 27.0 Å². The number of aromatic hydroxyl groups is 3. The van der Waals surface area contributed by atoms with Crippen molar-refractivity contribution < 1.29 is 58.9 Å². The monoisotopic (exact) mass is 822 g/mol. The van der Waals surface area contributed by atoms with Crippen LogP contribution in [-0.2, 0) is 23.8 Å². The van der Waals surface area contributed by atoms with E-state index in [0.717, 1.165) is 13.1 Å². The number of ether oxygens (including phenoxy) is 4. The zero-order valence-corrected chi connectivity index (χ0v) is 35.3. The Balaban J connectivity index is 1.70. The summed E-state index contributed by atoms with van der Waals surface area (Å²) in [6, 6.07) is 0. The van der Waals surface area contributed by atoms with Crippen LogP contribution in [-0.4, -0.2) is 130 Å². The number of fused-ring (bicyclic) bond motifs is 14. The smallest absolute Gasteiger partial charge is 0.312 e. The second kappa shape index (κ2) is 18.0. The molecule has 6 rings (SSSR count). The number of phenolic OH excluding ortho intramolecular Hbond substituents is 3. The fraction of sp³-hybridized carbons (Fsp3) is 0.535. The fourth-order valence-corrected chi connectivity index (χ4v) is 7.92. The van der Waals surface area contributed by atoms with Gasteiger partial charge in [-0.2, -0.15) is 5.10 Å². The maximum atomic E-state index is 14.4. The van der Waals surface area contributed by atoms with Gasteiger partial charge in [0, 0.05) is 87.3 Å². The fourth-order valence-electron chi connectivity index (χ4n) is 7.92. The van der Waals surface area contributed by atoms with E-state index in [1.54, 1.807) is 44.9 Å². The number of carbonyl (C=O) groups excluding carboxylic acids is 3. The lowest BCUT2D eigenvalue weighted by molar-refractivity contribution is -0.160. The summed E-state index contributed by atoms with van der Waals surface area (Å²) in [6.45, 7) is 15.1. The number of piperazine rings is 1. The highest BCUT2D eigenvalue weighted by molar-refractivity contribution is 6.23. The summed E-state index contributed by atoms with van der Waals surface area (Å²) in [5, 5.41) is 66.8. The average Bonchev–Trinajstić information content (AvgIpc) is 3.46. The molecule has 4 heterocycles. The predicted molar refractivity (Wildman–Crippen MR) is 220 cm³/mol. The lowest BCUT2D eigenvalue weighted by atomic mass is 9.78. The molecular weight excluding hydrogens is 764 g/mol. The van der Waals surface area contributed by atoms with Gasteiger partial charge in [-0.15, -0.1) is 0 Å². The number of amides is 1. The number of hydrogen-bond acceptors (Lipinski definition) is 15. The molecule has 16 heteroatoms. The molecule has 322 valence electrons. The van der Waals surface area contributed by atoms with E-state index >= 15 is 0 Å². The summed E-state index contributed by atoms with van der Waals surface area (Å²) in [5.41, 5.74) is -0.350. The lowest BCUT2D eigenvalue weighted by Crippen LogP contribution is -2.46. The standard InChI is InChI=1S/C43H58N4O12/c1-21-12-11-13-22(2)42(55)45-33-28(20-44-47-17-15-46(9)16-18-47)37(52)30-31(38(33)53)36(51)26(6)40-32(30)41(54)43(8,59-40)57-19-14-29(56-10)23(3)39(58-27(7)48)25(5)35(50)24(4)34(21)49/h11-14,19-21,23-25,29,34-35,39,49-53H,15-18H2,1-10H3,(H,45,55)/t21-,23-,24+,25+,29+,34-,35+,39+,43-/m0/s1. The van der Waals surface area contributed by atoms with Crippen molar-refractivity contribution >= 4 is 40.3 Å². The lowest BCUT2D eigenvalue weighted by Gasteiger charge is -2.38. The summed E-state index contributed by atoms with van der Waals surface area (Å²) in [7, 11) is 3.42. The van der Waals surface area contributed by atoms with Gasteiger partial charge < -0.3 is 54.7 Å². The summed E-state index contributed by atoms with van der Waals surface area (Å²) < 4.78 is 23.6. The quantitative estimate of drug-likeness (QED) is 0.109. The molecule has 0 saturated carbocycles. The molecule has 16 nitrogen and oxygen atoms in total. The Morgan fingerprint density at radius 1 is 0.949 bits per heavy atom. The number of esters is 1. The van der Waals surface area contributed by atoms with Gasteiger partial charge in [0.05, 0.1) is 53.0 Å². The molecule has 9 atom stereocenters. The molecule has 0 unspecified atom stereocenters. The summed E-state index contributed by atoms with van der Waals surface area (Å²) in [6.07, 6.45) is 4.86. The van der Waals surface area contributed by atoms with Crippen LogP contribution in [0.2, 0.25) is 0 Å². The SMILES string of the molecule is CO[C@@H]1C=CO[C@@]2(C)Oc3c(C)c(O)c4c(O)c(c(C=NN5CCN(C)CC5)c(O)c4c3C2=O)NC(=O)C(C)=CC=C[C@H](C)[C@H](O)[C@@H](C)[C@@H](O)[C@@H](C)[C@H](OC(C)=O)[C@H]1C. The van der Waals surface area contributed by atoms with Crippen LogP contribution < -0.4 is 10.1 Å². The first kappa shape index (κ1) is 44.9. The number of phenols is 3. The van der Waals surface area contributed by atoms with E-state index in [9.17, 15) is 39.9 Å². The molecule has 0 aliphatic carbocycles. The molecule has 1 fully saturated rings. The van der Waals surface area contributed by atoms with Gasteiger partial charge in [0.25, 0.3) is 11.7 Å². The number of anilines is 1. The van der Waals surface area contributed by atoms with E-state index < -0.39 is 88.8 Å². The van der Waals surface area contributed by atoms with Gasteiger partial charge in [-0.1, -0.05) is 45.9 Å². The first-order chi connectivity index (χ1) is 27.7. The molecule has 1 saturated heterocycles. The number of carbonyl (C=O) groups is 3. The van der Waals surface area contributed by atoms with Gasteiger partial charge in [0.15, 0.2) is 5.75 Å². The summed E-state index contributed by atoms with van der Waals surface area (Å²) in [5.74, 6) is -8.34. The largest absolute Gasteiger partial charge is 0.507 e. The number of hydrazone groups is 1. The minimum absolute atomic E-state index is 0.0559. The number of aliphatic hydroxyl groups excluding tert-OH is 2. The zero-order valence-electron chi connectivity index (χ0n) is 35.3. The highest BCUT2D eigenvalue weighted by Crippen LogP contribution is 2.55. The van der Waals surface area contributed by atoms with Crippen molar-refractivity contribution in [2.75, 3.05) is 45.7 Å². The first-order valence-corrected chi connectivity index (χ1v) is 19.8. The van der Waals surface area contributed by atoms with Crippen LogP contribution in [0.5, 0.6) is 23.0 Å². The van der Waals surface area contributed by atoms with Gasteiger partial charge in [0.2, 0.25) is 0 Å². The third kappa shape index (κ3) is 8.91. The normalized spacial score (nSPS) is 30.1. The molecule has 4 aliphatic rings. The molecule has 5 bridgehead atoms. The molecule has 6 N–H and O–H groups in total. The molecular formula is C43H58N4O12. The highest BCUT2D eigenvalue weighted by Gasteiger charge is 2.50. The van der Waals surface area contributed by atoms with E-state index in [2.05, 4.69) is 15.3 Å². The summed E-state index contributed by atoms with van der Waals surface area (Å²) in [4.78, 5) is 42.6. The number of rotatable bonds is 4. The van der Waals surface area contributed by atoms with Crippen LogP contribution in [0.3, 0.4) is 0 Å². The highest BCUT2D eigenvalue weighted by atomic mass is 16.7. The number of ketones is 1. The van der Waals surface area contributed by atoms with Crippen LogP contribution in [0, 0.1) is 30.6 Å². The Morgan fingerprint density at radius 2 is 1.61 bits per heavy atom. The maximum Gasteiger partial charge on any atom is 0.312 e. The molecule has 2 aromatic carbocycles. The van der Waals surface area contributed by atoms with Crippen LogP contribution >= 0.6 is 0 Å². The summed E-state index contributed by atoms with van der Waals surface area (Å²) >= 11 is 0. The van der Waals surface area contributed by atoms with Crippen molar-refractivity contribution in [1.29, 1.82) is 0 Å². The van der Waals surface area contributed by atoms with Crippen molar-refractivity contribution in [2.24, 2.45) is 28.8 Å². The van der Waals surface area contributed by atoms with Crippen LogP contribution in [0.4, 0.5) is 5.69 Å². The van der Waals surface area contributed by atoms with E-state index in [1.165, 1.54) is 59.4 Å². The van der Waals surface area contributed by atoms with Gasteiger partial charge in [-0.3, -0.25) is 19.4 Å². The van der Waals surface area contributed by atoms with Crippen molar-refractivity contribution in [3.05, 3.63) is 52.8 Å². The number of allylic oxidation sites excluding steroid dienone is 2. The Hall–Kier alpha value is -5.16. The van der Waals surface area contributed by atoms with E-state index in [4.69, 9.17) is 18.9 Å². The molecule has 0 spiro atoms. The molecule has 1 amide bonds. The maximum absolute atomic E-state index is 14.4. The van der Waals surface area contributed by atoms with Gasteiger partial charge in [-0.25, -0.2) is 0 Å². The van der Waals surface area contributed by atoms with Gasteiger partial charge >= 0.3 is 11.8 Å².